The van der Waals surface area contributed by atoms with Crippen LogP contribution in [0.15, 0.2) is 12.1 Å². The second-order valence-corrected chi connectivity index (χ2v) is 6.78. The highest BCUT2D eigenvalue weighted by Gasteiger charge is 2.37. The molecule has 1 aromatic rings. The van der Waals surface area contributed by atoms with E-state index in [1.54, 1.807) is 0 Å². The number of nitrogens with zero attached hydrogens (tertiary/aromatic N) is 1. The van der Waals surface area contributed by atoms with E-state index in [4.69, 9.17) is 4.74 Å². The van der Waals surface area contributed by atoms with E-state index in [-0.39, 0.29) is 5.91 Å². The highest BCUT2D eigenvalue weighted by atomic mass is 16.5. The van der Waals surface area contributed by atoms with Crippen LogP contribution in [0.5, 0.6) is 5.75 Å². The molecule has 0 aromatic heterocycles. The number of hydrogen-bond acceptors (Lipinski definition) is 3. The van der Waals surface area contributed by atoms with Gasteiger partial charge in [-0.05, 0) is 55.4 Å². The Hall–Kier alpha value is -1.55. The molecule has 2 aliphatic heterocycles. The van der Waals surface area contributed by atoms with Crippen LogP contribution in [0.1, 0.15) is 23.1 Å². The first-order valence-corrected chi connectivity index (χ1v) is 8.23. The smallest absolute Gasteiger partial charge is 0.226 e. The number of carbonyl (C=O) groups excluding carboxylic acids is 1. The van der Waals surface area contributed by atoms with Crippen molar-refractivity contribution in [2.45, 2.75) is 27.2 Å². The normalized spacial score (nSPS) is 23.7. The molecule has 2 atom stereocenters. The van der Waals surface area contributed by atoms with Crippen molar-refractivity contribution in [1.82, 2.24) is 10.2 Å². The van der Waals surface area contributed by atoms with Gasteiger partial charge in [-0.2, -0.15) is 0 Å². The Morgan fingerprint density at radius 2 is 1.91 bits per heavy atom. The van der Waals surface area contributed by atoms with Gasteiger partial charge in [0.15, 0.2) is 0 Å². The van der Waals surface area contributed by atoms with Crippen molar-refractivity contribution in [3.8, 4) is 5.75 Å². The average molecular weight is 302 g/mol. The van der Waals surface area contributed by atoms with E-state index in [0.29, 0.717) is 24.9 Å². The van der Waals surface area contributed by atoms with Crippen LogP contribution >= 0.6 is 0 Å². The third-order valence-corrected chi connectivity index (χ3v) is 5.08. The first-order valence-electron chi connectivity index (χ1n) is 8.23. The molecule has 0 unspecified atom stereocenters. The van der Waals surface area contributed by atoms with E-state index >= 15 is 0 Å². The Kier molecular flexibility index (Phi) is 4.39. The number of fused-ring (bicyclic) bond motifs is 1. The molecule has 2 aliphatic rings. The average Bonchev–Trinajstić information content (AvgIpc) is 3.04. The van der Waals surface area contributed by atoms with Crippen molar-refractivity contribution in [3.63, 3.8) is 0 Å². The monoisotopic (exact) mass is 302 g/mol. The summed E-state index contributed by atoms with van der Waals surface area (Å²) in [6.07, 6.45) is 0.472. The van der Waals surface area contributed by atoms with Gasteiger partial charge in [0.05, 0.1) is 13.0 Å². The summed E-state index contributed by atoms with van der Waals surface area (Å²) in [6, 6.07) is 4.21. The number of aryl methyl sites for hydroxylation is 2. The van der Waals surface area contributed by atoms with Crippen LogP contribution in [-0.2, 0) is 4.79 Å². The Morgan fingerprint density at radius 3 is 2.59 bits per heavy atom. The standard InChI is InChI=1S/C18H26N2O2/c1-12-6-13(2)14(3)17(7-12)22-5-4-18(21)20-10-15-8-19-9-16(15)11-20/h6-7,15-16,19H,4-5,8-11H2,1-3H3/t15-,16+. The van der Waals surface area contributed by atoms with E-state index in [0.717, 1.165) is 31.9 Å². The molecule has 22 heavy (non-hydrogen) atoms. The fourth-order valence-electron chi connectivity index (χ4n) is 3.62. The number of nitrogens with one attached hydrogen (secondary N) is 1. The maximum Gasteiger partial charge on any atom is 0.226 e. The summed E-state index contributed by atoms with van der Waals surface area (Å²) in [7, 11) is 0. The minimum atomic E-state index is 0.233. The zero-order valence-corrected chi connectivity index (χ0v) is 13.8. The maximum atomic E-state index is 12.3. The summed E-state index contributed by atoms with van der Waals surface area (Å²) >= 11 is 0. The topological polar surface area (TPSA) is 41.6 Å². The zero-order valence-electron chi connectivity index (χ0n) is 13.8. The summed E-state index contributed by atoms with van der Waals surface area (Å²) < 4.78 is 5.86. The van der Waals surface area contributed by atoms with Crippen molar-refractivity contribution in [1.29, 1.82) is 0 Å². The fraction of sp³-hybridized carbons (Fsp3) is 0.611. The predicted molar refractivity (Wildman–Crippen MR) is 87.2 cm³/mol. The van der Waals surface area contributed by atoms with E-state index in [2.05, 4.69) is 38.2 Å². The van der Waals surface area contributed by atoms with Crippen LogP contribution in [0.3, 0.4) is 0 Å². The maximum absolute atomic E-state index is 12.3. The number of hydrogen-bond donors (Lipinski definition) is 1. The van der Waals surface area contributed by atoms with Crippen molar-refractivity contribution in [3.05, 3.63) is 28.8 Å². The van der Waals surface area contributed by atoms with Gasteiger partial charge in [0.2, 0.25) is 5.91 Å². The third-order valence-electron chi connectivity index (χ3n) is 5.08. The molecule has 0 saturated carbocycles. The molecular weight excluding hydrogens is 276 g/mol. The molecule has 0 aliphatic carbocycles. The summed E-state index contributed by atoms with van der Waals surface area (Å²) in [6.45, 7) is 10.7. The predicted octanol–water partition coefficient (Wildman–Crippen LogP) is 2.06. The SMILES string of the molecule is Cc1cc(C)c(C)c(OCCC(=O)N2C[C@H]3CNC[C@H]3C2)c1. The molecule has 0 bridgehead atoms. The molecule has 2 heterocycles. The molecular formula is C18H26N2O2. The lowest BCUT2D eigenvalue weighted by Crippen LogP contribution is -2.32. The molecule has 0 spiro atoms. The summed E-state index contributed by atoms with van der Waals surface area (Å²) in [4.78, 5) is 14.3. The first kappa shape index (κ1) is 15.3. The number of carbonyl (C=O) groups is 1. The van der Waals surface area contributed by atoms with E-state index in [1.807, 2.05) is 4.90 Å². The zero-order chi connectivity index (χ0) is 15.7. The number of likely N-dealkylation sites (tertiary alicyclic amines) is 1. The minimum absolute atomic E-state index is 0.233. The Balaban J connectivity index is 1.50. The largest absolute Gasteiger partial charge is 0.493 e. The highest BCUT2D eigenvalue weighted by Crippen LogP contribution is 2.27. The first-order chi connectivity index (χ1) is 10.5. The van der Waals surface area contributed by atoms with Crippen LogP contribution in [0.2, 0.25) is 0 Å². The van der Waals surface area contributed by atoms with Gasteiger partial charge < -0.3 is 15.0 Å². The van der Waals surface area contributed by atoms with Gasteiger partial charge in [0.1, 0.15) is 5.75 Å². The van der Waals surface area contributed by atoms with Crippen molar-refractivity contribution >= 4 is 5.91 Å². The lowest BCUT2D eigenvalue weighted by atomic mass is 10.0. The van der Waals surface area contributed by atoms with Gasteiger partial charge in [0, 0.05) is 26.2 Å². The Labute approximate surface area is 132 Å². The quantitative estimate of drug-likeness (QED) is 0.925. The third kappa shape index (κ3) is 3.12. The summed E-state index contributed by atoms with van der Waals surface area (Å²) in [5.74, 6) is 2.46. The Morgan fingerprint density at radius 1 is 1.23 bits per heavy atom. The molecule has 4 heteroatoms. The second kappa shape index (κ2) is 6.29. The number of benzene rings is 1. The minimum Gasteiger partial charge on any atom is -0.493 e. The Bertz CT molecular complexity index is 558. The van der Waals surface area contributed by atoms with E-state index in [9.17, 15) is 4.79 Å². The van der Waals surface area contributed by atoms with Crippen LogP contribution < -0.4 is 10.1 Å². The van der Waals surface area contributed by atoms with Crippen molar-refractivity contribution in [2.24, 2.45) is 11.8 Å². The highest BCUT2D eigenvalue weighted by molar-refractivity contribution is 5.76. The van der Waals surface area contributed by atoms with Gasteiger partial charge in [-0.3, -0.25) is 4.79 Å². The lowest BCUT2D eigenvalue weighted by molar-refractivity contribution is -0.130. The number of ether oxygens (including phenoxy) is 1. The number of rotatable bonds is 4. The molecule has 3 rings (SSSR count). The summed E-state index contributed by atoms with van der Waals surface area (Å²) in [5.41, 5.74) is 3.60. The van der Waals surface area contributed by atoms with Crippen LogP contribution in [0.25, 0.3) is 0 Å². The van der Waals surface area contributed by atoms with E-state index < -0.39 is 0 Å². The second-order valence-electron chi connectivity index (χ2n) is 6.78. The van der Waals surface area contributed by atoms with Crippen LogP contribution in [-0.4, -0.2) is 43.6 Å². The molecule has 0 radical (unpaired) electrons. The van der Waals surface area contributed by atoms with E-state index in [1.165, 1.54) is 16.7 Å². The molecule has 1 aromatic carbocycles. The van der Waals surface area contributed by atoms with Crippen molar-refractivity contribution < 1.29 is 9.53 Å². The van der Waals surface area contributed by atoms with Gasteiger partial charge >= 0.3 is 0 Å². The number of amides is 1. The van der Waals surface area contributed by atoms with Gasteiger partial charge in [-0.1, -0.05) is 6.07 Å². The van der Waals surface area contributed by atoms with Gasteiger partial charge in [0.25, 0.3) is 0 Å². The molecule has 4 nitrogen and oxygen atoms in total. The lowest BCUT2D eigenvalue weighted by Gasteiger charge is -2.18. The molecule has 2 fully saturated rings. The van der Waals surface area contributed by atoms with Crippen LogP contribution in [0.4, 0.5) is 0 Å². The summed E-state index contributed by atoms with van der Waals surface area (Å²) in [5, 5.41) is 3.40. The van der Waals surface area contributed by atoms with Gasteiger partial charge in [-0.25, -0.2) is 0 Å². The molecule has 120 valence electrons. The molecule has 1 N–H and O–H groups in total. The molecule has 2 saturated heterocycles. The van der Waals surface area contributed by atoms with Crippen molar-refractivity contribution in [2.75, 3.05) is 32.8 Å². The van der Waals surface area contributed by atoms with Crippen LogP contribution in [0, 0.1) is 32.6 Å². The van der Waals surface area contributed by atoms with Gasteiger partial charge in [-0.15, -0.1) is 0 Å². The molecule has 1 amide bonds. The fourth-order valence-corrected chi connectivity index (χ4v) is 3.62.